The van der Waals surface area contributed by atoms with E-state index in [0.717, 1.165) is 11.1 Å². The molecule has 0 bridgehead atoms. The summed E-state index contributed by atoms with van der Waals surface area (Å²) in [5, 5.41) is 0.605. The molecular formula is C22H20ClNO3. The van der Waals surface area contributed by atoms with Crippen molar-refractivity contribution in [1.29, 1.82) is 0 Å². The number of allylic oxidation sites excluding steroid dienone is 1. The third kappa shape index (κ3) is 3.81. The van der Waals surface area contributed by atoms with E-state index in [1.165, 1.54) is 0 Å². The lowest BCUT2D eigenvalue weighted by Gasteiger charge is -2.18. The number of esters is 1. The van der Waals surface area contributed by atoms with Gasteiger partial charge in [-0.25, -0.2) is 4.79 Å². The predicted molar refractivity (Wildman–Crippen MR) is 107 cm³/mol. The first-order chi connectivity index (χ1) is 12.9. The summed E-state index contributed by atoms with van der Waals surface area (Å²) in [6, 6.07) is 14.7. The molecule has 0 aromatic heterocycles. The molecule has 138 valence electrons. The second-order valence-electron chi connectivity index (χ2n) is 6.27. The van der Waals surface area contributed by atoms with Crippen molar-refractivity contribution in [2.75, 3.05) is 11.5 Å². The Morgan fingerprint density at radius 1 is 1.07 bits per heavy atom. The number of benzene rings is 2. The Labute approximate surface area is 163 Å². The van der Waals surface area contributed by atoms with Crippen LogP contribution in [0.3, 0.4) is 0 Å². The van der Waals surface area contributed by atoms with Crippen molar-refractivity contribution in [3.8, 4) is 0 Å². The zero-order valence-corrected chi connectivity index (χ0v) is 16.2. The Bertz CT molecular complexity index is 941. The molecule has 0 fully saturated rings. The van der Waals surface area contributed by atoms with Crippen molar-refractivity contribution in [2.24, 2.45) is 0 Å². The van der Waals surface area contributed by atoms with Crippen LogP contribution >= 0.6 is 11.6 Å². The Morgan fingerprint density at radius 2 is 1.70 bits per heavy atom. The van der Waals surface area contributed by atoms with E-state index >= 15 is 0 Å². The lowest BCUT2D eigenvalue weighted by atomic mass is 10.0. The molecule has 0 atom stereocenters. The number of carbonyl (C=O) groups is 2. The summed E-state index contributed by atoms with van der Waals surface area (Å²) in [5.41, 5.74) is 3.75. The van der Waals surface area contributed by atoms with Crippen LogP contribution in [0.5, 0.6) is 0 Å². The fourth-order valence-corrected chi connectivity index (χ4v) is 3.14. The molecule has 0 N–H and O–H groups in total. The van der Waals surface area contributed by atoms with Crippen molar-refractivity contribution in [3.05, 3.63) is 81.5 Å². The van der Waals surface area contributed by atoms with Gasteiger partial charge in [-0.1, -0.05) is 41.4 Å². The highest BCUT2D eigenvalue weighted by Crippen LogP contribution is 2.35. The normalized spacial score (nSPS) is 15.6. The fourth-order valence-electron chi connectivity index (χ4n) is 3.01. The minimum Gasteiger partial charge on any atom is -0.462 e. The third-order valence-corrected chi connectivity index (χ3v) is 4.60. The number of hydrogen-bond acceptors (Lipinski definition) is 3. The summed E-state index contributed by atoms with van der Waals surface area (Å²) >= 11 is 5.94. The number of halogens is 1. The van der Waals surface area contributed by atoms with Crippen LogP contribution < -0.4 is 4.90 Å². The van der Waals surface area contributed by atoms with Gasteiger partial charge in [-0.3, -0.25) is 9.69 Å². The van der Waals surface area contributed by atoms with Crippen molar-refractivity contribution in [2.45, 2.75) is 20.8 Å². The number of nitrogens with zero attached hydrogens (tertiary/aromatic N) is 1. The van der Waals surface area contributed by atoms with Crippen LogP contribution in [-0.2, 0) is 14.3 Å². The molecule has 1 heterocycles. The topological polar surface area (TPSA) is 46.6 Å². The highest BCUT2D eigenvalue weighted by atomic mass is 35.5. The number of aryl methyl sites for hydroxylation is 1. The molecule has 2 aromatic rings. The quantitative estimate of drug-likeness (QED) is 0.558. The molecule has 3 rings (SSSR count). The molecule has 0 radical (unpaired) electrons. The van der Waals surface area contributed by atoms with Gasteiger partial charge in [-0.15, -0.1) is 0 Å². The first kappa shape index (κ1) is 18.9. The molecule has 4 nitrogen and oxygen atoms in total. The third-order valence-electron chi connectivity index (χ3n) is 4.35. The average molecular weight is 382 g/mol. The SMILES string of the molecule is CCOC(=O)C1=C(C)N(c2ccc(C)cc2)C(=O)/C1=C/c1ccc(Cl)cc1. The monoisotopic (exact) mass is 381 g/mol. The summed E-state index contributed by atoms with van der Waals surface area (Å²) in [6.45, 7) is 5.72. The summed E-state index contributed by atoms with van der Waals surface area (Å²) in [6.07, 6.45) is 1.70. The van der Waals surface area contributed by atoms with Gasteiger partial charge < -0.3 is 4.74 Å². The number of hydrogen-bond donors (Lipinski definition) is 0. The Kier molecular flexibility index (Phi) is 5.47. The standard InChI is InChI=1S/C22H20ClNO3/c1-4-27-22(26)20-15(3)24(18-11-5-14(2)6-12-18)21(25)19(20)13-16-7-9-17(23)10-8-16/h5-13H,4H2,1-3H3/b19-13+. The van der Waals surface area contributed by atoms with Gasteiger partial charge in [0.05, 0.1) is 17.8 Å². The lowest BCUT2D eigenvalue weighted by Crippen LogP contribution is -2.24. The van der Waals surface area contributed by atoms with Gasteiger partial charge in [0.15, 0.2) is 0 Å². The van der Waals surface area contributed by atoms with Crippen LogP contribution in [-0.4, -0.2) is 18.5 Å². The Hall–Kier alpha value is -2.85. The van der Waals surface area contributed by atoms with Crippen molar-refractivity contribution >= 4 is 35.2 Å². The van der Waals surface area contributed by atoms with E-state index in [2.05, 4.69) is 0 Å². The molecule has 0 saturated carbocycles. The molecule has 0 spiro atoms. The largest absolute Gasteiger partial charge is 0.462 e. The second-order valence-corrected chi connectivity index (χ2v) is 6.70. The van der Waals surface area contributed by atoms with Crippen LogP contribution in [0.4, 0.5) is 5.69 Å². The van der Waals surface area contributed by atoms with Crippen molar-refractivity contribution in [1.82, 2.24) is 0 Å². The molecule has 5 heteroatoms. The summed E-state index contributed by atoms with van der Waals surface area (Å²) in [5.74, 6) is -0.757. The average Bonchev–Trinajstić information content (AvgIpc) is 2.88. The molecular weight excluding hydrogens is 362 g/mol. The molecule has 0 unspecified atom stereocenters. The van der Waals surface area contributed by atoms with Gasteiger partial charge in [0.25, 0.3) is 5.91 Å². The predicted octanol–water partition coefficient (Wildman–Crippen LogP) is 4.92. The van der Waals surface area contributed by atoms with Crippen LogP contribution in [0.15, 0.2) is 65.4 Å². The van der Waals surface area contributed by atoms with Crippen molar-refractivity contribution < 1.29 is 14.3 Å². The van der Waals surface area contributed by atoms with Gasteiger partial charge in [0.1, 0.15) is 0 Å². The Morgan fingerprint density at radius 3 is 2.30 bits per heavy atom. The van der Waals surface area contributed by atoms with E-state index in [9.17, 15) is 9.59 Å². The van der Waals surface area contributed by atoms with Crippen molar-refractivity contribution in [3.63, 3.8) is 0 Å². The Balaban J connectivity index is 2.11. The minimum absolute atomic E-state index is 0.239. The number of carbonyl (C=O) groups excluding carboxylic acids is 2. The molecule has 27 heavy (non-hydrogen) atoms. The van der Waals surface area contributed by atoms with Gasteiger partial charge >= 0.3 is 5.97 Å². The molecule has 1 amide bonds. The highest BCUT2D eigenvalue weighted by molar-refractivity contribution is 6.30. The maximum absolute atomic E-state index is 13.2. The number of ether oxygens (including phenoxy) is 1. The van der Waals surface area contributed by atoms with E-state index in [0.29, 0.717) is 22.0 Å². The summed E-state index contributed by atoms with van der Waals surface area (Å²) in [7, 11) is 0. The number of amides is 1. The number of anilines is 1. The van der Waals surface area contributed by atoms with Gasteiger partial charge in [0.2, 0.25) is 0 Å². The van der Waals surface area contributed by atoms with E-state index in [1.54, 1.807) is 49.1 Å². The molecule has 0 saturated heterocycles. The van der Waals surface area contributed by atoms with E-state index < -0.39 is 5.97 Å². The summed E-state index contributed by atoms with van der Waals surface area (Å²) in [4.78, 5) is 27.3. The van der Waals surface area contributed by atoms with Crippen LogP contribution in [0.2, 0.25) is 5.02 Å². The first-order valence-corrected chi connectivity index (χ1v) is 9.07. The molecule has 1 aliphatic heterocycles. The van der Waals surface area contributed by atoms with Crippen LogP contribution in [0, 0.1) is 6.92 Å². The molecule has 2 aromatic carbocycles. The maximum atomic E-state index is 13.2. The minimum atomic E-state index is -0.502. The molecule has 1 aliphatic rings. The summed E-state index contributed by atoms with van der Waals surface area (Å²) < 4.78 is 5.20. The van der Waals surface area contributed by atoms with Gasteiger partial charge in [-0.2, -0.15) is 0 Å². The first-order valence-electron chi connectivity index (χ1n) is 8.69. The zero-order valence-electron chi connectivity index (χ0n) is 15.5. The fraction of sp³-hybridized carbons (Fsp3) is 0.182. The zero-order chi connectivity index (χ0) is 19.6. The van der Waals surface area contributed by atoms with E-state index in [1.807, 2.05) is 31.2 Å². The van der Waals surface area contributed by atoms with Crippen LogP contribution in [0.1, 0.15) is 25.0 Å². The number of rotatable bonds is 4. The second kappa shape index (κ2) is 7.80. The smallest absolute Gasteiger partial charge is 0.340 e. The van der Waals surface area contributed by atoms with E-state index in [4.69, 9.17) is 16.3 Å². The lowest BCUT2D eigenvalue weighted by molar-refractivity contribution is -0.138. The van der Waals surface area contributed by atoms with Gasteiger partial charge in [0, 0.05) is 16.4 Å². The molecule has 0 aliphatic carbocycles. The van der Waals surface area contributed by atoms with Gasteiger partial charge in [-0.05, 0) is 56.7 Å². The maximum Gasteiger partial charge on any atom is 0.340 e. The van der Waals surface area contributed by atoms with Crippen LogP contribution in [0.25, 0.3) is 6.08 Å². The van der Waals surface area contributed by atoms with E-state index in [-0.39, 0.29) is 18.1 Å². The highest BCUT2D eigenvalue weighted by Gasteiger charge is 2.38.